The number of amides is 2. The summed E-state index contributed by atoms with van der Waals surface area (Å²) < 4.78 is 5.67. The Labute approximate surface area is 119 Å². The lowest BCUT2D eigenvalue weighted by Crippen LogP contribution is -2.47. The summed E-state index contributed by atoms with van der Waals surface area (Å²) >= 11 is 0. The van der Waals surface area contributed by atoms with Gasteiger partial charge in [0.1, 0.15) is 0 Å². The fraction of sp³-hybridized carbons (Fsp3) is 0.857. The lowest BCUT2D eigenvalue weighted by Gasteiger charge is -2.30. The summed E-state index contributed by atoms with van der Waals surface area (Å²) in [5.74, 6) is -1.24. The maximum atomic E-state index is 11.9. The number of nitrogens with zero attached hydrogens (tertiary/aromatic N) is 1. The van der Waals surface area contributed by atoms with Gasteiger partial charge in [-0.3, -0.25) is 4.79 Å². The first kappa shape index (κ1) is 15.1. The molecule has 2 rings (SSSR count). The molecule has 0 aromatic rings. The highest BCUT2D eigenvalue weighted by Crippen LogP contribution is 2.20. The van der Waals surface area contributed by atoms with Crippen molar-refractivity contribution in [2.24, 2.45) is 5.92 Å². The second kappa shape index (κ2) is 7.47. The maximum absolute atomic E-state index is 11.9. The Bertz CT molecular complexity index is 342. The van der Waals surface area contributed by atoms with Gasteiger partial charge in [-0.1, -0.05) is 12.8 Å². The third-order valence-corrected chi connectivity index (χ3v) is 4.09. The summed E-state index contributed by atoms with van der Waals surface area (Å²) in [7, 11) is 0. The molecule has 0 spiro atoms. The standard InChI is InChI=1S/C14H24N2O4/c17-13(18)11-4-3-8-16(10-11)14(19)15-7-9-20-12-5-1-2-6-12/h11-12H,1-10H2,(H,15,19)(H,17,18). The van der Waals surface area contributed by atoms with Crippen LogP contribution in [-0.2, 0) is 9.53 Å². The molecule has 6 nitrogen and oxygen atoms in total. The van der Waals surface area contributed by atoms with E-state index in [1.807, 2.05) is 0 Å². The van der Waals surface area contributed by atoms with Crippen molar-refractivity contribution in [3.05, 3.63) is 0 Å². The zero-order valence-corrected chi connectivity index (χ0v) is 11.8. The summed E-state index contributed by atoms with van der Waals surface area (Å²) in [4.78, 5) is 24.5. The van der Waals surface area contributed by atoms with E-state index >= 15 is 0 Å². The highest BCUT2D eigenvalue weighted by Gasteiger charge is 2.27. The minimum absolute atomic E-state index is 0.175. The van der Waals surface area contributed by atoms with E-state index in [0.29, 0.717) is 38.8 Å². The zero-order valence-electron chi connectivity index (χ0n) is 11.8. The van der Waals surface area contributed by atoms with Crippen molar-refractivity contribution >= 4 is 12.0 Å². The first-order valence-electron chi connectivity index (χ1n) is 7.54. The topological polar surface area (TPSA) is 78.9 Å². The molecular weight excluding hydrogens is 260 g/mol. The number of nitrogens with one attached hydrogen (secondary N) is 1. The largest absolute Gasteiger partial charge is 0.481 e. The normalized spacial score (nSPS) is 23.8. The summed E-state index contributed by atoms with van der Waals surface area (Å²) in [6.07, 6.45) is 6.49. The average molecular weight is 284 g/mol. The molecule has 1 atom stereocenters. The lowest BCUT2D eigenvalue weighted by atomic mass is 9.99. The molecule has 6 heteroatoms. The van der Waals surface area contributed by atoms with Crippen LogP contribution in [0.2, 0.25) is 0 Å². The number of urea groups is 1. The van der Waals surface area contributed by atoms with Crippen molar-refractivity contribution < 1.29 is 19.4 Å². The van der Waals surface area contributed by atoms with Gasteiger partial charge in [-0.2, -0.15) is 0 Å². The van der Waals surface area contributed by atoms with E-state index in [2.05, 4.69) is 5.32 Å². The van der Waals surface area contributed by atoms with Gasteiger partial charge >= 0.3 is 12.0 Å². The van der Waals surface area contributed by atoms with Gasteiger partial charge in [-0.05, 0) is 25.7 Å². The third kappa shape index (κ3) is 4.37. The van der Waals surface area contributed by atoms with Crippen LogP contribution in [0.15, 0.2) is 0 Å². The number of hydrogen-bond donors (Lipinski definition) is 2. The zero-order chi connectivity index (χ0) is 14.4. The first-order valence-corrected chi connectivity index (χ1v) is 7.54. The number of carboxylic acids is 1. The molecule has 2 fully saturated rings. The SMILES string of the molecule is O=C(O)C1CCCN(C(=O)NCCOC2CCCC2)C1. The Morgan fingerprint density at radius 3 is 2.65 bits per heavy atom. The number of hydrogen-bond acceptors (Lipinski definition) is 3. The number of rotatable bonds is 5. The van der Waals surface area contributed by atoms with Gasteiger partial charge < -0.3 is 20.1 Å². The van der Waals surface area contributed by atoms with E-state index < -0.39 is 11.9 Å². The monoisotopic (exact) mass is 284 g/mol. The summed E-state index contributed by atoms with van der Waals surface area (Å²) in [5.41, 5.74) is 0. The first-order chi connectivity index (χ1) is 9.66. The fourth-order valence-electron chi connectivity index (χ4n) is 2.91. The lowest BCUT2D eigenvalue weighted by molar-refractivity contribution is -0.143. The van der Waals surface area contributed by atoms with E-state index in [4.69, 9.17) is 9.84 Å². The number of carbonyl (C=O) groups is 2. The number of carbonyl (C=O) groups excluding carboxylic acids is 1. The molecule has 1 aliphatic carbocycles. The van der Waals surface area contributed by atoms with E-state index in [-0.39, 0.29) is 6.03 Å². The van der Waals surface area contributed by atoms with E-state index in [0.717, 1.165) is 19.3 Å². The Hall–Kier alpha value is -1.30. The van der Waals surface area contributed by atoms with Crippen molar-refractivity contribution in [2.75, 3.05) is 26.2 Å². The average Bonchev–Trinajstić information content (AvgIpc) is 2.96. The molecule has 1 saturated carbocycles. The molecule has 1 saturated heterocycles. The Balaban J connectivity index is 1.62. The molecule has 114 valence electrons. The molecule has 0 aromatic carbocycles. The van der Waals surface area contributed by atoms with Crippen LogP contribution in [-0.4, -0.2) is 54.4 Å². The van der Waals surface area contributed by atoms with Crippen molar-refractivity contribution in [1.29, 1.82) is 0 Å². The smallest absolute Gasteiger partial charge is 0.317 e. The molecule has 2 aliphatic rings. The van der Waals surface area contributed by atoms with Crippen LogP contribution < -0.4 is 5.32 Å². The van der Waals surface area contributed by atoms with Gasteiger partial charge in [0.05, 0.1) is 18.6 Å². The molecule has 1 heterocycles. The highest BCUT2D eigenvalue weighted by atomic mass is 16.5. The van der Waals surface area contributed by atoms with Crippen LogP contribution in [0.25, 0.3) is 0 Å². The number of likely N-dealkylation sites (tertiary alicyclic amines) is 1. The number of carboxylic acid groups (broad SMARTS) is 1. The van der Waals surface area contributed by atoms with Gasteiger partial charge in [0, 0.05) is 19.6 Å². The molecule has 20 heavy (non-hydrogen) atoms. The van der Waals surface area contributed by atoms with Gasteiger partial charge in [0.25, 0.3) is 0 Å². The number of aliphatic carboxylic acids is 1. The minimum atomic E-state index is -0.813. The minimum Gasteiger partial charge on any atom is -0.481 e. The van der Waals surface area contributed by atoms with E-state index in [1.54, 1.807) is 4.90 Å². The summed E-state index contributed by atoms with van der Waals surface area (Å²) in [5, 5.41) is 11.8. The molecular formula is C14H24N2O4. The van der Waals surface area contributed by atoms with Crippen LogP contribution in [0, 0.1) is 5.92 Å². The van der Waals surface area contributed by atoms with Gasteiger partial charge in [-0.25, -0.2) is 4.79 Å². The van der Waals surface area contributed by atoms with Crippen molar-refractivity contribution in [3.8, 4) is 0 Å². The molecule has 2 amide bonds. The predicted octanol–water partition coefficient (Wildman–Crippen LogP) is 1.45. The Kier molecular flexibility index (Phi) is 5.64. The summed E-state index contributed by atoms with van der Waals surface area (Å²) in [6.45, 7) is 1.97. The second-order valence-electron chi connectivity index (χ2n) is 5.63. The Morgan fingerprint density at radius 1 is 1.20 bits per heavy atom. The second-order valence-corrected chi connectivity index (χ2v) is 5.63. The third-order valence-electron chi connectivity index (χ3n) is 4.09. The number of ether oxygens (including phenoxy) is 1. The molecule has 0 aromatic heterocycles. The van der Waals surface area contributed by atoms with Gasteiger partial charge in [-0.15, -0.1) is 0 Å². The van der Waals surface area contributed by atoms with Gasteiger partial charge in [0.2, 0.25) is 0 Å². The highest BCUT2D eigenvalue weighted by molar-refractivity contribution is 5.76. The Morgan fingerprint density at radius 2 is 1.95 bits per heavy atom. The molecule has 0 radical (unpaired) electrons. The predicted molar refractivity (Wildman–Crippen MR) is 73.5 cm³/mol. The molecule has 0 bridgehead atoms. The van der Waals surface area contributed by atoms with Crippen LogP contribution in [0.5, 0.6) is 0 Å². The van der Waals surface area contributed by atoms with Crippen LogP contribution in [0.1, 0.15) is 38.5 Å². The molecule has 2 N–H and O–H groups in total. The van der Waals surface area contributed by atoms with Crippen molar-refractivity contribution in [1.82, 2.24) is 10.2 Å². The molecule has 1 aliphatic heterocycles. The van der Waals surface area contributed by atoms with Crippen LogP contribution in [0.3, 0.4) is 0 Å². The molecule has 1 unspecified atom stereocenters. The summed E-state index contributed by atoms with van der Waals surface area (Å²) in [6, 6.07) is -0.175. The van der Waals surface area contributed by atoms with Crippen molar-refractivity contribution in [3.63, 3.8) is 0 Å². The van der Waals surface area contributed by atoms with Gasteiger partial charge in [0.15, 0.2) is 0 Å². The van der Waals surface area contributed by atoms with Crippen LogP contribution >= 0.6 is 0 Å². The quantitative estimate of drug-likeness (QED) is 0.749. The van der Waals surface area contributed by atoms with E-state index in [1.165, 1.54) is 12.8 Å². The number of piperidine rings is 1. The van der Waals surface area contributed by atoms with Crippen molar-refractivity contribution in [2.45, 2.75) is 44.6 Å². The maximum Gasteiger partial charge on any atom is 0.317 e. The fourth-order valence-corrected chi connectivity index (χ4v) is 2.91. The van der Waals surface area contributed by atoms with E-state index in [9.17, 15) is 9.59 Å². The van der Waals surface area contributed by atoms with Crippen LogP contribution in [0.4, 0.5) is 4.79 Å².